The zero-order valence-corrected chi connectivity index (χ0v) is 25.3. The number of anilines is 2. The summed E-state index contributed by atoms with van der Waals surface area (Å²) in [6, 6.07) is 15.1. The smallest absolute Gasteiger partial charge is 0.256 e. The van der Waals surface area contributed by atoms with Crippen LogP contribution < -0.4 is 20.7 Å². The number of likely N-dealkylation sites (N-methyl/N-ethyl adjacent to an activating group) is 1. The Morgan fingerprint density at radius 3 is 2.36 bits per heavy atom. The van der Waals surface area contributed by atoms with Crippen LogP contribution in [0.3, 0.4) is 0 Å². The van der Waals surface area contributed by atoms with Crippen LogP contribution in [-0.2, 0) is 20.8 Å². The van der Waals surface area contributed by atoms with E-state index in [0.717, 1.165) is 11.3 Å². The van der Waals surface area contributed by atoms with E-state index in [4.69, 9.17) is 4.74 Å². The number of aromatic nitrogens is 2. The molecule has 0 radical (unpaired) electrons. The Balaban J connectivity index is 1.46. The van der Waals surface area contributed by atoms with Crippen molar-refractivity contribution in [2.45, 2.75) is 44.7 Å². The number of nitrogens with one attached hydrogen (secondary N) is 3. The van der Waals surface area contributed by atoms with Crippen molar-refractivity contribution in [1.82, 2.24) is 30.4 Å². The molecule has 1 fully saturated rings. The number of hydrogen-bond acceptors (Lipinski definition) is 8. The highest BCUT2D eigenvalue weighted by Gasteiger charge is 2.30. The summed E-state index contributed by atoms with van der Waals surface area (Å²) >= 11 is 0. The fourth-order valence-electron chi connectivity index (χ4n) is 4.79. The van der Waals surface area contributed by atoms with E-state index in [1.807, 2.05) is 42.5 Å². The van der Waals surface area contributed by atoms with E-state index in [-0.39, 0.29) is 36.5 Å². The minimum absolute atomic E-state index is 0.114. The van der Waals surface area contributed by atoms with Crippen LogP contribution in [-0.4, -0.2) is 89.3 Å². The lowest BCUT2D eigenvalue weighted by molar-refractivity contribution is -0.141. The molecule has 3 aromatic rings. The van der Waals surface area contributed by atoms with Gasteiger partial charge in [-0.3, -0.25) is 19.2 Å². The summed E-state index contributed by atoms with van der Waals surface area (Å²) < 4.78 is 5.22. The molecule has 12 heteroatoms. The molecule has 3 N–H and O–H groups in total. The highest BCUT2D eigenvalue weighted by Crippen LogP contribution is 2.16. The van der Waals surface area contributed by atoms with Gasteiger partial charge in [0.05, 0.1) is 12.7 Å². The summed E-state index contributed by atoms with van der Waals surface area (Å²) in [4.78, 5) is 64.4. The first-order valence-corrected chi connectivity index (χ1v) is 14.6. The number of benzene rings is 2. The Labute approximate surface area is 257 Å². The van der Waals surface area contributed by atoms with Gasteiger partial charge >= 0.3 is 0 Å². The van der Waals surface area contributed by atoms with Crippen LogP contribution in [0.25, 0.3) is 0 Å². The average Bonchev–Trinajstić information content (AvgIpc) is 3.05. The molecular formula is C32H39N7O5. The third-order valence-corrected chi connectivity index (χ3v) is 7.49. The van der Waals surface area contributed by atoms with Crippen LogP contribution in [0.5, 0.6) is 5.75 Å². The monoisotopic (exact) mass is 601 g/mol. The number of hydrogen-bond donors (Lipinski definition) is 3. The number of carbonyl (C=O) groups excluding carboxylic acids is 4. The van der Waals surface area contributed by atoms with Crippen LogP contribution in [0, 0.1) is 0 Å². The molecule has 0 unspecified atom stereocenters. The van der Waals surface area contributed by atoms with E-state index < -0.39 is 12.1 Å². The zero-order valence-electron chi connectivity index (χ0n) is 25.3. The molecule has 2 atom stereocenters. The summed E-state index contributed by atoms with van der Waals surface area (Å²) in [6.45, 7) is 2.62. The van der Waals surface area contributed by atoms with E-state index in [1.165, 1.54) is 17.3 Å². The number of para-hydroxylation sites is 1. The second-order valence-electron chi connectivity index (χ2n) is 10.6. The topological polar surface area (TPSA) is 146 Å². The Hall–Kier alpha value is -5.00. The van der Waals surface area contributed by atoms with Crippen LogP contribution >= 0.6 is 0 Å². The van der Waals surface area contributed by atoms with Gasteiger partial charge in [-0.1, -0.05) is 30.3 Å². The molecule has 2 heterocycles. The van der Waals surface area contributed by atoms with Gasteiger partial charge in [-0.05, 0) is 49.6 Å². The van der Waals surface area contributed by atoms with Crippen LogP contribution in [0.1, 0.15) is 42.1 Å². The Bertz CT molecular complexity index is 1420. The molecule has 1 aliphatic heterocycles. The minimum atomic E-state index is -0.876. The first kappa shape index (κ1) is 31.9. The zero-order chi connectivity index (χ0) is 31.5. The number of ether oxygens (including phenoxy) is 1. The fourth-order valence-corrected chi connectivity index (χ4v) is 4.79. The molecule has 12 nitrogen and oxygen atoms in total. The van der Waals surface area contributed by atoms with Crippen molar-refractivity contribution in [1.29, 1.82) is 0 Å². The Morgan fingerprint density at radius 1 is 1.00 bits per heavy atom. The molecule has 44 heavy (non-hydrogen) atoms. The number of carbonyl (C=O) groups is 4. The van der Waals surface area contributed by atoms with E-state index in [0.29, 0.717) is 49.7 Å². The number of methoxy groups -OCH3 is 1. The fraction of sp³-hybridized carbons (Fsp3) is 0.375. The quantitative estimate of drug-likeness (QED) is 0.391. The van der Waals surface area contributed by atoms with Gasteiger partial charge in [0.2, 0.25) is 23.7 Å². The summed E-state index contributed by atoms with van der Waals surface area (Å²) in [6.07, 6.45) is 4.17. The van der Waals surface area contributed by atoms with Gasteiger partial charge in [0, 0.05) is 57.6 Å². The lowest BCUT2D eigenvalue weighted by atomic mass is 10.0. The predicted molar refractivity (Wildman–Crippen MR) is 165 cm³/mol. The second-order valence-corrected chi connectivity index (χ2v) is 10.6. The van der Waals surface area contributed by atoms with Gasteiger partial charge in [-0.25, -0.2) is 9.97 Å². The molecule has 0 aliphatic carbocycles. The number of rotatable bonds is 6. The van der Waals surface area contributed by atoms with Gasteiger partial charge in [-0.2, -0.15) is 0 Å². The normalized spacial score (nSPS) is 18.8. The van der Waals surface area contributed by atoms with Gasteiger partial charge < -0.3 is 30.5 Å². The van der Waals surface area contributed by atoms with Gasteiger partial charge in [0.1, 0.15) is 17.8 Å². The highest BCUT2D eigenvalue weighted by molar-refractivity contribution is 5.94. The maximum Gasteiger partial charge on any atom is 0.256 e. The van der Waals surface area contributed by atoms with Crippen molar-refractivity contribution >= 4 is 35.3 Å². The van der Waals surface area contributed by atoms with E-state index in [1.54, 1.807) is 38.1 Å². The molecule has 2 aromatic carbocycles. The molecule has 0 saturated carbocycles. The molecule has 1 aliphatic rings. The van der Waals surface area contributed by atoms with Crippen LogP contribution in [0.2, 0.25) is 0 Å². The molecule has 0 spiro atoms. The maximum absolute atomic E-state index is 13.5. The lowest BCUT2D eigenvalue weighted by Crippen LogP contribution is -2.54. The first-order valence-electron chi connectivity index (χ1n) is 14.6. The minimum Gasteiger partial charge on any atom is -0.497 e. The average molecular weight is 602 g/mol. The standard InChI is InChI=1S/C32H39N7O5/c1-22-29(41)33-16-8-18-39(30(42)24-20-34-32(35-21-24)36-25-9-5-4-6-10-25)17-7-11-28(40)37-27(31(43)38(22)2)19-23-12-14-26(44-3)15-13-23/h4-6,9-10,12-15,20-22,27H,7-8,11,16-19H2,1-3H3,(H,33,41)(H,37,40)(H,34,35,36)/t22-,27-/m0/s1. The van der Waals surface area contributed by atoms with Gasteiger partial charge in [-0.15, -0.1) is 0 Å². The molecule has 4 rings (SSSR count). The summed E-state index contributed by atoms with van der Waals surface area (Å²) in [5.74, 6) is -0.231. The maximum atomic E-state index is 13.5. The van der Waals surface area contributed by atoms with Crippen molar-refractivity contribution in [3.05, 3.63) is 78.1 Å². The molecule has 0 bridgehead atoms. The van der Waals surface area contributed by atoms with E-state index in [2.05, 4.69) is 25.9 Å². The summed E-state index contributed by atoms with van der Waals surface area (Å²) in [5.41, 5.74) is 1.97. The second kappa shape index (κ2) is 15.5. The highest BCUT2D eigenvalue weighted by atomic mass is 16.5. The summed E-state index contributed by atoms with van der Waals surface area (Å²) in [7, 11) is 3.13. The Kier molecular flexibility index (Phi) is 11.2. The number of nitrogens with zero attached hydrogens (tertiary/aromatic N) is 4. The van der Waals surface area contributed by atoms with Crippen molar-refractivity contribution in [2.75, 3.05) is 39.1 Å². The van der Waals surface area contributed by atoms with Crippen molar-refractivity contribution in [3.63, 3.8) is 0 Å². The SMILES string of the molecule is COc1ccc(C[C@@H]2NC(=O)CCCN(C(=O)c3cnc(Nc4ccccc4)nc3)CCCNC(=O)[C@H](C)N(C)C2=O)cc1. The van der Waals surface area contributed by atoms with Crippen molar-refractivity contribution in [2.24, 2.45) is 0 Å². The van der Waals surface area contributed by atoms with Gasteiger partial charge in [0.15, 0.2) is 0 Å². The third kappa shape index (κ3) is 8.76. The number of amides is 4. The van der Waals surface area contributed by atoms with Crippen LogP contribution in [0.4, 0.5) is 11.6 Å². The molecular weight excluding hydrogens is 562 g/mol. The van der Waals surface area contributed by atoms with Crippen molar-refractivity contribution in [3.8, 4) is 5.75 Å². The molecule has 1 saturated heterocycles. The largest absolute Gasteiger partial charge is 0.497 e. The van der Waals surface area contributed by atoms with Crippen LogP contribution in [0.15, 0.2) is 67.0 Å². The Morgan fingerprint density at radius 2 is 1.68 bits per heavy atom. The predicted octanol–water partition coefficient (Wildman–Crippen LogP) is 2.55. The molecule has 232 valence electrons. The van der Waals surface area contributed by atoms with E-state index >= 15 is 0 Å². The lowest BCUT2D eigenvalue weighted by Gasteiger charge is -2.29. The summed E-state index contributed by atoms with van der Waals surface area (Å²) in [5, 5.41) is 8.81. The third-order valence-electron chi connectivity index (χ3n) is 7.49. The molecule has 4 amide bonds. The van der Waals surface area contributed by atoms with Crippen molar-refractivity contribution < 1.29 is 23.9 Å². The molecule has 1 aromatic heterocycles. The van der Waals surface area contributed by atoms with E-state index in [9.17, 15) is 19.2 Å². The van der Waals surface area contributed by atoms with Gasteiger partial charge in [0.25, 0.3) is 5.91 Å². The first-order chi connectivity index (χ1) is 21.2.